The smallest absolute Gasteiger partial charge is 0.388 e. The lowest BCUT2D eigenvalue weighted by atomic mass is 10.1. The minimum absolute atomic E-state index is 0.156. The molecule has 0 amide bonds. The highest BCUT2D eigenvalue weighted by Crippen LogP contribution is 2.43. The second-order valence-corrected chi connectivity index (χ2v) is 4.36. The maximum absolute atomic E-state index is 12.8. The van der Waals surface area contributed by atoms with E-state index in [1.54, 1.807) is 0 Å². The van der Waals surface area contributed by atoms with Crippen LogP contribution in [0.5, 0.6) is 0 Å². The maximum atomic E-state index is 12.8. The van der Waals surface area contributed by atoms with Gasteiger partial charge in [-0.3, -0.25) is 0 Å². The van der Waals surface area contributed by atoms with E-state index in [9.17, 15) is 18.0 Å². The van der Waals surface area contributed by atoms with Gasteiger partial charge in [0.15, 0.2) is 0 Å². The minimum Gasteiger partial charge on any atom is -0.388 e. The van der Waals surface area contributed by atoms with Gasteiger partial charge in [0.25, 0.3) is 5.89 Å². The van der Waals surface area contributed by atoms with Gasteiger partial charge in [0, 0.05) is 7.05 Å². The summed E-state index contributed by atoms with van der Waals surface area (Å²) in [4.78, 5) is 11.1. The zero-order chi connectivity index (χ0) is 14.4. The normalized spacial score (nSPS) is 11.9. The first-order valence-corrected chi connectivity index (χ1v) is 5.57. The van der Waals surface area contributed by atoms with Gasteiger partial charge in [-0.1, -0.05) is 23.2 Å². The fourth-order valence-electron chi connectivity index (χ4n) is 1.43. The van der Waals surface area contributed by atoms with E-state index < -0.39 is 27.5 Å². The molecule has 0 aliphatic heterocycles. The van der Waals surface area contributed by atoms with E-state index >= 15 is 0 Å². The maximum Gasteiger partial charge on any atom is 0.437 e. The molecular formula is C10H5Cl2F3N2O2. The summed E-state index contributed by atoms with van der Waals surface area (Å²) in [5.74, 6) is -1.12. The summed E-state index contributed by atoms with van der Waals surface area (Å²) in [6.07, 6.45) is -4.72. The Kier molecular flexibility index (Phi) is 3.36. The lowest BCUT2D eigenvalue weighted by Crippen LogP contribution is -2.09. The molecule has 2 rings (SSSR count). The van der Waals surface area contributed by atoms with E-state index in [1.165, 1.54) is 13.1 Å². The summed E-state index contributed by atoms with van der Waals surface area (Å²) in [6.45, 7) is 0. The average molecular weight is 313 g/mol. The predicted octanol–water partition coefficient (Wildman–Crippen LogP) is 3.37. The molecule has 2 aromatic rings. The van der Waals surface area contributed by atoms with Crippen molar-refractivity contribution in [1.29, 1.82) is 0 Å². The third kappa shape index (κ3) is 2.48. The van der Waals surface area contributed by atoms with Crippen molar-refractivity contribution in [3.63, 3.8) is 0 Å². The van der Waals surface area contributed by atoms with Crippen molar-refractivity contribution in [2.24, 2.45) is 7.05 Å². The Morgan fingerprint density at radius 3 is 2.42 bits per heavy atom. The van der Waals surface area contributed by atoms with Crippen molar-refractivity contribution >= 4 is 23.2 Å². The molecule has 4 nitrogen and oxygen atoms in total. The van der Waals surface area contributed by atoms with Crippen LogP contribution < -0.4 is 5.76 Å². The number of aryl methyl sites for hydroxylation is 1. The third-order valence-corrected chi connectivity index (χ3v) is 3.00. The lowest BCUT2D eigenvalue weighted by Gasteiger charge is -2.12. The van der Waals surface area contributed by atoms with Gasteiger partial charge in [-0.2, -0.15) is 17.9 Å². The van der Waals surface area contributed by atoms with E-state index in [1.807, 2.05) is 0 Å². The number of nitrogens with zero attached hydrogens (tertiary/aromatic N) is 2. The van der Waals surface area contributed by atoms with E-state index in [0.29, 0.717) is 0 Å². The molecule has 0 unspecified atom stereocenters. The van der Waals surface area contributed by atoms with Crippen molar-refractivity contribution in [2.75, 3.05) is 0 Å². The van der Waals surface area contributed by atoms with E-state index in [4.69, 9.17) is 27.6 Å². The van der Waals surface area contributed by atoms with Crippen LogP contribution >= 0.6 is 23.2 Å². The van der Waals surface area contributed by atoms with Crippen LogP contribution in [0.15, 0.2) is 21.3 Å². The zero-order valence-corrected chi connectivity index (χ0v) is 10.8. The Bertz CT molecular complexity index is 691. The summed E-state index contributed by atoms with van der Waals surface area (Å²) in [7, 11) is 1.30. The number of alkyl halides is 3. The van der Waals surface area contributed by atoms with Crippen LogP contribution in [0.25, 0.3) is 11.5 Å². The first-order chi connectivity index (χ1) is 8.71. The van der Waals surface area contributed by atoms with E-state index in [2.05, 4.69) is 5.10 Å². The molecule has 0 spiro atoms. The van der Waals surface area contributed by atoms with Crippen LogP contribution in [-0.2, 0) is 13.2 Å². The summed E-state index contributed by atoms with van der Waals surface area (Å²) in [5.41, 5.74) is -1.35. The molecular weight excluding hydrogens is 308 g/mol. The molecule has 0 bridgehead atoms. The lowest BCUT2D eigenvalue weighted by molar-refractivity contribution is -0.137. The van der Waals surface area contributed by atoms with Crippen molar-refractivity contribution in [1.82, 2.24) is 9.78 Å². The van der Waals surface area contributed by atoms with Gasteiger partial charge in [0.2, 0.25) is 0 Å². The average Bonchev–Trinajstić information content (AvgIpc) is 2.57. The Labute approximate surface area is 114 Å². The molecule has 0 radical (unpaired) electrons. The molecule has 0 aliphatic carbocycles. The molecule has 0 N–H and O–H groups in total. The van der Waals surface area contributed by atoms with Crippen molar-refractivity contribution in [2.45, 2.75) is 6.18 Å². The second-order valence-electron chi connectivity index (χ2n) is 3.58. The highest BCUT2D eigenvalue weighted by Gasteiger charge is 2.37. The number of aromatic nitrogens is 2. The molecule has 102 valence electrons. The Morgan fingerprint density at radius 1 is 1.32 bits per heavy atom. The zero-order valence-electron chi connectivity index (χ0n) is 9.26. The molecule has 0 atom stereocenters. The number of halogens is 5. The van der Waals surface area contributed by atoms with E-state index in [-0.39, 0.29) is 11.5 Å². The third-order valence-electron chi connectivity index (χ3n) is 2.29. The highest BCUT2D eigenvalue weighted by atomic mass is 35.5. The Hall–Kier alpha value is -1.47. The minimum atomic E-state index is -4.72. The number of hydrogen-bond acceptors (Lipinski definition) is 3. The molecule has 1 aromatic carbocycles. The first-order valence-electron chi connectivity index (χ1n) is 4.81. The van der Waals surface area contributed by atoms with Crippen LogP contribution in [0.2, 0.25) is 10.0 Å². The fourth-order valence-corrected chi connectivity index (χ4v) is 2.10. The highest BCUT2D eigenvalue weighted by molar-refractivity contribution is 6.37. The van der Waals surface area contributed by atoms with Crippen molar-refractivity contribution in [3.05, 3.63) is 38.3 Å². The fraction of sp³-hybridized carbons (Fsp3) is 0.200. The monoisotopic (exact) mass is 312 g/mol. The van der Waals surface area contributed by atoms with Gasteiger partial charge in [0.1, 0.15) is 0 Å². The molecule has 0 aliphatic rings. The predicted molar refractivity (Wildman–Crippen MR) is 62.2 cm³/mol. The summed E-state index contributed by atoms with van der Waals surface area (Å²) < 4.78 is 43.9. The van der Waals surface area contributed by atoms with Crippen molar-refractivity contribution < 1.29 is 17.6 Å². The topological polar surface area (TPSA) is 48.0 Å². The largest absolute Gasteiger partial charge is 0.437 e. The molecule has 0 saturated heterocycles. The summed E-state index contributed by atoms with van der Waals surface area (Å²) in [6, 6.07) is 2.21. The van der Waals surface area contributed by atoms with E-state index in [0.717, 1.165) is 10.7 Å². The van der Waals surface area contributed by atoms with Gasteiger partial charge >= 0.3 is 11.9 Å². The first kappa shape index (κ1) is 14.0. The van der Waals surface area contributed by atoms with Gasteiger partial charge in [-0.15, -0.1) is 5.10 Å². The van der Waals surface area contributed by atoms with Gasteiger partial charge in [0.05, 0.1) is 21.2 Å². The van der Waals surface area contributed by atoms with Gasteiger partial charge < -0.3 is 4.42 Å². The number of benzene rings is 1. The van der Waals surface area contributed by atoms with Crippen LogP contribution in [0.1, 0.15) is 5.56 Å². The molecule has 9 heteroatoms. The van der Waals surface area contributed by atoms with Crippen molar-refractivity contribution in [3.8, 4) is 11.5 Å². The van der Waals surface area contributed by atoms with Crippen LogP contribution in [0.4, 0.5) is 13.2 Å². The number of rotatable bonds is 1. The van der Waals surface area contributed by atoms with Crippen LogP contribution in [-0.4, -0.2) is 9.78 Å². The molecule has 19 heavy (non-hydrogen) atoms. The SMILES string of the molecule is Cn1nc(-c2ccc(Cl)c(C(F)(F)F)c2Cl)oc1=O. The summed E-state index contributed by atoms with van der Waals surface area (Å²) in [5, 5.41) is 2.43. The Balaban J connectivity index is 2.70. The van der Waals surface area contributed by atoms with Crippen LogP contribution in [0.3, 0.4) is 0 Å². The molecule has 1 aromatic heterocycles. The molecule has 1 heterocycles. The van der Waals surface area contributed by atoms with Gasteiger partial charge in [-0.25, -0.2) is 4.79 Å². The standard InChI is InChI=1S/C10H5Cl2F3N2O2/c1-17-9(18)19-8(16-17)4-2-3-5(11)6(7(4)12)10(13,14)15/h2-3H,1H3. The Morgan fingerprint density at radius 2 is 1.95 bits per heavy atom. The quantitative estimate of drug-likeness (QED) is 0.811. The number of hydrogen-bond donors (Lipinski definition) is 0. The van der Waals surface area contributed by atoms with Gasteiger partial charge in [-0.05, 0) is 12.1 Å². The molecule has 0 fully saturated rings. The molecule has 0 saturated carbocycles. The second kappa shape index (κ2) is 4.57. The summed E-state index contributed by atoms with van der Waals surface area (Å²) >= 11 is 11.2. The van der Waals surface area contributed by atoms with Crippen LogP contribution in [0, 0.1) is 0 Å².